The number of hydrogen-bond acceptors (Lipinski definition) is 4. The molecule has 1 aliphatic heterocycles. The van der Waals surface area contributed by atoms with Crippen LogP contribution in [0.4, 0.5) is 15.8 Å². The summed E-state index contributed by atoms with van der Waals surface area (Å²) in [5.41, 5.74) is 0.386. The number of rotatable bonds is 5. The fourth-order valence-electron chi connectivity index (χ4n) is 3.52. The molecule has 146 valence electrons. The second-order valence-electron chi connectivity index (χ2n) is 7.19. The average molecular weight is 394 g/mol. The minimum absolute atomic E-state index is 0.0247. The molecule has 2 N–H and O–H groups in total. The molecule has 0 radical (unpaired) electrons. The van der Waals surface area contributed by atoms with Crippen molar-refractivity contribution in [1.82, 2.24) is 0 Å². The topological polar surface area (TPSA) is 92.3 Å². The van der Waals surface area contributed by atoms with E-state index in [4.69, 9.17) is 0 Å². The number of carbonyl (C=O) groups excluding carboxylic acids is 2. The molecule has 3 rings (SSSR count). The number of carbonyl (C=O) groups is 2. The standard InChI is InChI=1S/C19H23FN2O4S/c20-16-7-6-15(21-18(23)10-13-8-9-27(25,26)12-13)11-17(16)22-19(24)14-4-2-1-3-5-14/h6-9,11,13-14H,1-5,10,12H2,(H,21,23)(H,22,24). The van der Waals surface area contributed by atoms with Gasteiger partial charge in [-0.2, -0.15) is 0 Å². The number of nitrogens with one attached hydrogen (secondary N) is 2. The zero-order chi connectivity index (χ0) is 19.4. The van der Waals surface area contributed by atoms with Crippen LogP contribution < -0.4 is 10.6 Å². The number of anilines is 2. The van der Waals surface area contributed by atoms with Crippen molar-refractivity contribution in [2.75, 3.05) is 16.4 Å². The van der Waals surface area contributed by atoms with Gasteiger partial charge in [0.15, 0.2) is 9.84 Å². The Labute approximate surface area is 158 Å². The Bertz CT molecular complexity index is 860. The van der Waals surface area contributed by atoms with Crippen LogP contribution in [-0.4, -0.2) is 26.0 Å². The van der Waals surface area contributed by atoms with Crippen LogP contribution in [-0.2, 0) is 19.4 Å². The monoisotopic (exact) mass is 394 g/mol. The van der Waals surface area contributed by atoms with Gasteiger partial charge in [-0.25, -0.2) is 12.8 Å². The molecular formula is C19H23FN2O4S. The van der Waals surface area contributed by atoms with E-state index in [-0.39, 0.29) is 41.5 Å². The maximum Gasteiger partial charge on any atom is 0.227 e. The number of benzene rings is 1. The Morgan fingerprint density at radius 3 is 2.52 bits per heavy atom. The molecular weight excluding hydrogens is 371 g/mol. The molecule has 1 unspecified atom stereocenters. The number of amides is 2. The van der Waals surface area contributed by atoms with Crippen LogP contribution in [0.15, 0.2) is 29.7 Å². The Morgan fingerprint density at radius 1 is 1.11 bits per heavy atom. The Morgan fingerprint density at radius 2 is 1.85 bits per heavy atom. The minimum Gasteiger partial charge on any atom is -0.326 e. The van der Waals surface area contributed by atoms with Crippen molar-refractivity contribution in [3.05, 3.63) is 35.5 Å². The van der Waals surface area contributed by atoms with Crippen LogP contribution in [0, 0.1) is 17.7 Å². The molecule has 0 saturated heterocycles. The molecule has 8 heteroatoms. The molecule has 2 amide bonds. The first kappa shape index (κ1) is 19.5. The lowest BCUT2D eigenvalue weighted by molar-refractivity contribution is -0.120. The van der Waals surface area contributed by atoms with E-state index in [2.05, 4.69) is 10.6 Å². The van der Waals surface area contributed by atoms with E-state index in [1.54, 1.807) is 0 Å². The normalized spacial score (nSPS) is 21.7. The van der Waals surface area contributed by atoms with Crippen LogP contribution in [0.2, 0.25) is 0 Å². The van der Waals surface area contributed by atoms with Crippen molar-refractivity contribution in [3.8, 4) is 0 Å². The number of halogens is 1. The molecule has 1 saturated carbocycles. The van der Waals surface area contributed by atoms with E-state index in [0.29, 0.717) is 5.69 Å². The van der Waals surface area contributed by atoms with Crippen LogP contribution in [0.5, 0.6) is 0 Å². The third kappa shape index (κ3) is 5.38. The molecule has 0 bridgehead atoms. The van der Waals surface area contributed by atoms with Crippen molar-refractivity contribution in [2.24, 2.45) is 11.8 Å². The molecule has 2 aliphatic rings. The lowest BCUT2D eigenvalue weighted by Gasteiger charge is -2.21. The van der Waals surface area contributed by atoms with E-state index in [1.165, 1.54) is 24.3 Å². The van der Waals surface area contributed by atoms with E-state index in [1.807, 2.05) is 0 Å². The first-order valence-corrected chi connectivity index (χ1v) is 10.9. The summed E-state index contributed by atoms with van der Waals surface area (Å²) in [4.78, 5) is 24.4. The van der Waals surface area contributed by atoms with Gasteiger partial charge in [-0.3, -0.25) is 9.59 Å². The minimum atomic E-state index is -3.21. The van der Waals surface area contributed by atoms with E-state index >= 15 is 0 Å². The van der Waals surface area contributed by atoms with Crippen LogP contribution in [0.25, 0.3) is 0 Å². The molecule has 1 heterocycles. The van der Waals surface area contributed by atoms with Crippen molar-refractivity contribution in [1.29, 1.82) is 0 Å². The van der Waals surface area contributed by atoms with Crippen molar-refractivity contribution < 1.29 is 22.4 Å². The lowest BCUT2D eigenvalue weighted by atomic mass is 9.88. The zero-order valence-corrected chi connectivity index (χ0v) is 15.7. The second kappa shape index (κ2) is 8.21. The van der Waals surface area contributed by atoms with Gasteiger partial charge in [-0.1, -0.05) is 25.3 Å². The highest BCUT2D eigenvalue weighted by atomic mass is 32.2. The quantitative estimate of drug-likeness (QED) is 0.802. The van der Waals surface area contributed by atoms with Gasteiger partial charge in [0, 0.05) is 29.4 Å². The highest BCUT2D eigenvalue weighted by Gasteiger charge is 2.24. The Balaban J connectivity index is 1.60. The molecule has 0 spiro atoms. The maximum absolute atomic E-state index is 14.0. The summed E-state index contributed by atoms with van der Waals surface area (Å²) in [6.45, 7) is 0. The van der Waals surface area contributed by atoms with E-state index < -0.39 is 15.7 Å². The van der Waals surface area contributed by atoms with Crippen LogP contribution >= 0.6 is 0 Å². The molecule has 1 fully saturated rings. The first-order valence-electron chi connectivity index (χ1n) is 9.13. The zero-order valence-electron chi connectivity index (χ0n) is 14.9. The largest absolute Gasteiger partial charge is 0.326 e. The van der Waals surface area contributed by atoms with E-state index in [0.717, 1.165) is 37.5 Å². The average Bonchev–Trinajstić information content (AvgIpc) is 2.97. The molecule has 27 heavy (non-hydrogen) atoms. The molecule has 1 aliphatic carbocycles. The van der Waals surface area contributed by atoms with Gasteiger partial charge in [0.25, 0.3) is 0 Å². The number of sulfone groups is 1. The van der Waals surface area contributed by atoms with Gasteiger partial charge in [0.1, 0.15) is 5.82 Å². The van der Waals surface area contributed by atoms with Crippen LogP contribution in [0.1, 0.15) is 38.5 Å². The fraction of sp³-hybridized carbons (Fsp3) is 0.474. The van der Waals surface area contributed by atoms with Gasteiger partial charge < -0.3 is 10.6 Å². The molecule has 6 nitrogen and oxygen atoms in total. The van der Waals surface area contributed by atoms with Gasteiger partial charge in [0.2, 0.25) is 11.8 Å². The summed E-state index contributed by atoms with van der Waals surface area (Å²) >= 11 is 0. The molecule has 1 aromatic carbocycles. The van der Waals surface area contributed by atoms with Crippen molar-refractivity contribution in [3.63, 3.8) is 0 Å². The summed E-state index contributed by atoms with van der Waals surface area (Å²) in [5, 5.41) is 6.38. The molecule has 0 aromatic heterocycles. The van der Waals surface area contributed by atoms with Crippen molar-refractivity contribution in [2.45, 2.75) is 38.5 Å². The second-order valence-corrected chi connectivity index (χ2v) is 9.12. The Hall–Kier alpha value is -2.22. The highest BCUT2D eigenvalue weighted by molar-refractivity contribution is 7.94. The van der Waals surface area contributed by atoms with Gasteiger partial charge in [0.05, 0.1) is 11.4 Å². The first-order chi connectivity index (χ1) is 12.8. The smallest absolute Gasteiger partial charge is 0.227 e. The van der Waals surface area contributed by atoms with Gasteiger partial charge in [-0.15, -0.1) is 0 Å². The third-order valence-electron chi connectivity index (χ3n) is 4.94. The maximum atomic E-state index is 14.0. The Kier molecular flexibility index (Phi) is 5.94. The summed E-state index contributed by atoms with van der Waals surface area (Å²) in [7, 11) is -3.21. The van der Waals surface area contributed by atoms with Crippen molar-refractivity contribution >= 4 is 33.0 Å². The van der Waals surface area contributed by atoms with Gasteiger partial charge >= 0.3 is 0 Å². The predicted molar refractivity (Wildman–Crippen MR) is 101 cm³/mol. The summed E-state index contributed by atoms with van der Waals surface area (Å²) in [6.07, 6.45) is 6.27. The summed E-state index contributed by atoms with van der Waals surface area (Å²) < 4.78 is 36.8. The van der Waals surface area contributed by atoms with Crippen LogP contribution in [0.3, 0.4) is 0 Å². The third-order valence-corrected chi connectivity index (χ3v) is 6.40. The number of allylic oxidation sites excluding steroid dienone is 1. The lowest BCUT2D eigenvalue weighted by Crippen LogP contribution is -2.25. The summed E-state index contributed by atoms with van der Waals surface area (Å²) in [6, 6.07) is 3.98. The summed E-state index contributed by atoms with van der Waals surface area (Å²) in [5.74, 6) is -1.67. The number of hydrogen-bond donors (Lipinski definition) is 2. The molecule has 1 aromatic rings. The predicted octanol–water partition coefficient (Wildman–Crippen LogP) is 3.23. The van der Waals surface area contributed by atoms with Gasteiger partial charge in [-0.05, 0) is 31.0 Å². The highest BCUT2D eigenvalue weighted by Crippen LogP contribution is 2.27. The fourth-order valence-corrected chi connectivity index (χ4v) is 4.91. The molecule has 1 atom stereocenters. The SMILES string of the molecule is O=C(CC1C=CS(=O)(=O)C1)Nc1ccc(F)c(NC(=O)C2CCCCC2)c1. The van der Waals surface area contributed by atoms with E-state index in [9.17, 15) is 22.4 Å².